The number of rotatable bonds is 5. The third kappa shape index (κ3) is 3.31. The number of esters is 2. The zero-order chi connectivity index (χ0) is 15.3. The van der Waals surface area contributed by atoms with E-state index in [1.54, 1.807) is 13.8 Å². The third-order valence-corrected chi connectivity index (χ3v) is 2.66. The Morgan fingerprint density at radius 1 is 1.05 bits per heavy atom. The molecular formula is C14H16F2O4. The second kappa shape index (κ2) is 6.98. The lowest BCUT2D eigenvalue weighted by atomic mass is 9.97. The van der Waals surface area contributed by atoms with E-state index in [1.807, 2.05) is 0 Å². The fraction of sp³-hybridized carbons (Fsp3) is 0.429. The quantitative estimate of drug-likeness (QED) is 0.616. The van der Waals surface area contributed by atoms with E-state index in [1.165, 1.54) is 19.1 Å². The molecule has 0 aliphatic heterocycles. The number of hydrogen-bond acceptors (Lipinski definition) is 4. The Bertz CT molecular complexity index is 496. The van der Waals surface area contributed by atoms with Crippen molar-refractivity contribution in [2.45, 2.75) is 26.7 Å². The Morgan fingerprint density at radius 2 is 1.55 bits per heavy atom. The van der Waals surface area contributed by atoms with Crippen LogP contribution in [0.1, 0.15) is 30.9 Å². The smallest absolute Gasteiger partial charge is 0.325 e. The lowest BCUT2D eigenvalue weighted by Gasteiger charge is -2.16. The molecule has 0 atom stereocenters. The summed E-state index contributed by atoms with van der Waals surface area (Å²) in [5, 5.41) is 0. The van der Waals surface area contributed by atoms with E-state index < -0.39 is 29.5 Å². The van der Waals surface area contributed by atoms with Crippen LogP contribution >= 0.6 is 0 Å². The molecule has 0 amide bonds. The van der Waals surface area contributed by atoms with E-state index in [4.69, 9.17) is 9.47 Å². The summed E-state index contributed by atoms with van der Waals surface area (Å²) < 4.78 is 36.9. The van der Waals surface area contributed by atoms with Gasteiger partial charge in [0.25, 0.3) is 0 Å². The highest BCUT2D eigenvalue weighted by atomic mass is 19.2. The topological polar surface area (TPSA) is 52.6 Å². The van der Waals surface area contributed by atoms with Gasteiger partial charge in [0, 0.05) is 5.56 Å². The molecule has 0 unspecified atom stereocenters. The van der Waals surface area contributed by atoms with Gasteiger partial charge in [0.05, 0.1) is 13.2 Å². The predicted molar refractivity (Wildman–Crippen MR) is 67.1 cm³/mol. The van der Waals surface area contributed by atoms with Crippen LogP contribution in [0, 0.1) is 18.6 Å². The van der Waals surface area contributed by atoms with Crippen molar-refractivity contribution in [2.75, 3.05) is 13.2 Å². The number of hydrogen-bond donors (Lipinski definition) is 0. The van der Waals surface area contributed by atoms with Crippen molar-refractivity contribution in [3.05, 3.63) is 34.9 Å². The molecule has 0 radical (unpaired) electrons. The van der Waals surface area contributed by atoms with Crippen LogP contribution in [0.25, 0.3) is 0 Å². The van der Waals surface area contributed by atoms with Gasteiger partial charge in [-0.2, -0.15) is 0 Å². The van der Waals surface area contributed by atoms with Crippen molar-refractivity contribution in [1.29, 1.82) is 0 Å². The van der Waals surface area contributed by atoms with Gasteiger partial charge in [0.1, 0.15) is 0 Å². The van der Waals surface area contributed by atoms with Crippen LogP contribution in [0.3, 0.4) is 0 Å². The molecule has 0 saturated heterocycles. The maximum atomic E-state index is 13.9. The molecule has 0 aliphatic rings. The van der Waals surface area contributed by atoms with Crippen molar-refractivity contribution in [3.8, 4) is 0 Å². The summed E-state index contributed by atoms with van der Waals surface area (Å²) in [5.74, 6) is -5.89. The monoisotopic (exact) mass is 286 g/mol. The zero-order valence-electron chi connectivity index (χ0n) is 11.5. The van der Waals surface area contributed by atoms with E-state index >= 15 is 0 Å². The summed E-state index contributed by atoms with van der Waals surface area (Å²) >= 11 is 0. The van der Waals surface area contributed by atoms with Gasteiger partial charge >= 0.3 is 11.9 Å². The molecule has 0 heterocycles. The largest absolute Gasteiger partial charge is 0.465 e. The predicted octanol–water partition coefficient (Wildman–Crippen LogP) is 2.48. The van der Waals surface area contributed by atoms with Gasteiger partial charge in [-0.25, -0.2) is 8.78 Å². The van der Waals surface area contributed by atoms with Crippen LogP contribution in [0.5, 0.6) is 0 Å². The molecule has 4 nitrogen and oxygen atoms in total. The first-order valence-electron chi connectivity index (χ1n) is 6.21. The molecule has 0 bridgehead atoms. The van der Waals surface area contributed by atoms with Gasteiger partial charge in [0.2, 0.25) is 0 Å². The number of ether oxygens (including phenoxy) is 2. The van der Waals surface area contributed by atoms with Gasteiger partial charge in [-0.15, -0.1) is 0 Å². The van der Waals surface area contributed by atoms with Gasteiger partial charge in [-0.1, -0.05) is 12.1 Å². The molecular weight excluding hydrogens is 270 g/mol. The molecule has 0 saturated carbocycles. The minimum atomic E-state index is -1.62. The Kier molecular flexibility index (Phi) is 5.61. The van der Waals surface area contributed by atoms with Crippen LogP contribution in [0.2, 0.25) is 0 Å². The summed E-state index contributed by atoms with van der Waals surface area (Å²) in [4.78, 5) is 23.6. The van der Waals surface area contributed by atoms with E-state index in [2.05, 4.69) is 0 Å². The van der Waals surface area contributed by atoms with E-state index in [0.717, 1.165) is 0 Å². The number of carbonyl (C=O) groups is 2. The summed E-state index contributed by atoms with van der Waals surface area (Å²) in [6, 6.07) is 2.48. The fourth-order valence-corrected chi connectivity index (χ4v) is 1.69. The highest BCUT2D eigenvalue weighted by Gasteiger charge is 2.34. The average Bonchev–Trinajstić information content (AvgIpc) is 2.40. The average molecular weight is 286 g/mol. The Labute approximate surface area is 115 Å². The van der Waals surface area contributed by atoms with Gasteiger partial charge in [0.15, 0.2) is 17.6 Å². The fourth-order valence-electron chi connectivity index (χ4n) is 1.69. The van der Waals surface area contributed by atoms with Crippen molar-refractivity contribution in [2.24, 2.45) is 0 Å². The molecule has 1 aromatic carbocycles. The molecule has 6 heteroatoms. The lowest BCUT2D eigenvalue weighted by molar-refractivity contribution is -0.157. The highest BCUT2D eigenvalue weighted by Crippen LogP contribution is 2.25. The number of benzene rings is 1. The molecule has 0 fully saturated rings. The lowest BCUT2D eigenvalue weighted by Crippen LogP contribution is -2.27. The van der Waals surface area contributed by atoms with Crippen LogP contribution in [0.15, 0.2) is 12.1 Å². The number of aryl methyl sites for hydroxylation is 1. The Morgan fingerprint density at radius 3 is 2.00 bits per heavy atom. The van der Waals surface area contributed by atoms with E-state index in [-0.39, 0.29) is 24.3 Å². The minimum Gasteiger partial charge on any atom is -0.465 e. The van der Waals surface area contributed by atoms with E-state index in [0.29, 0.717) is 0 Å². The molecule has 1 aromatic rings. The maximum Gasteiger partial charge on any atom is 0.325 e. The Balaban J connectivity index is 3.27. The molecule has 0 aliphatic carbocycles. The normalized spacial score (nSPS) is 10.5. The summed E-state index contributed by atoms with van der Waals surface area (Å²) in [6.07, 6.45) is 0. The first kappa shape index (κ1) is 16.1. The molecule has 0 aromatic heterocycles. The maximum absolute atomic E-state index is 13.9. The molecule has 110 valence electrons. The molecule has 0 N–H and O–H groups in total. The molecule has 0 spiro atoms. The second-order valence-corrected chi connectivity index (χ2v) is 4.04. The molecule has 1 rings (SSSR count). The van der Waals surface area contributed by atoms with Crippen molar-refractivity contribution in [1.82, 2.24) is 0 Å². The van der Waals surface area contributed by atoms with Crippen molar-refractivity contribution in [3.63, 3.8) is 0 Å². The van der Waals surface area contributed by atoms with Crippen molar-refractivity contribution >= 4 is 11.9 Å². The first-order chi connectivity index (χ1) is 9.43. The zero-order valence-corrected chi connectivity index (χ0v) is 11.5. The summed E-state index contributed by atoms with van der Waals surface area (Å²) in [7, 11) is 0. The van der Waals surface area contributed by atoms with Gasteiger partial charge < -0.3 is 9.47 Å². The SMILES string of the molecule is CCOC(=O)C(C(=O)OCC)c1ccc(C)c(F)c1F. The van der Waals surface area contributed by atoms with Crippen molar-refractivity contribution < 1.29 is 27.8 Å². The van der Waals surface area contributed by atoms with Crippen LogP contribution in [-0.4, -0.2) is 25.2 Å². The second-order valence-electron chi connectivity index (χ2n) is 4.04. The number of carbonyl (C=O) groups excluding carboxylic acids is 2. The first-order valence-corrected chi connectivity index (χ1v) is 6.21. The summed E-state index contributed by atoms with van der Waals surface area (Å²) in [5.41, 5.74) is -0.303. The minimum absolute atomic E-state index is 0.0186. The van der Waals surface area contributed by atoms with Crippen LogP contribution < -0.4 is 0 Å². The van der Waals surface area contributed by atoms with E-state index in [9.17, 15) is 18.4 Å². The standard InChI is InChI=1S/C14H16F2O4/c1-4-19-13(17)10(14(18)20-5-2)9-7-6-8(3)11(15)12(9)16/h6-7,10H,4-5H2,1-3H3. The molecule has 20 heavy (non-hydrogen) atoms. The van der Waals surface area contributed by atoms with Crippen LogP contribution in [0.4, 0.5) is 8.78 Å². The number of halogens is 2. The van der Waals surface area contributed by atoms with Crippen LogP contribution in [-0.2, 0) is 19.1 Å². The highest BCUT2D eigenvalue weighted by molar-refractivity contribution is 6.00. The summed E-state index contributed by atoms with van der Waals surface area (Å²) in [6.45, 7) is 4.51. The third-order valence-electron chi connectivity index (χ3n) is 2.66. The van der Waals surface area contributed by atoms with Gasteiger partial charge in [-0.05, 0) is 26.3 Å². The Hall–Kier alpha value is -1.98. The van der Waals surface area contributed by atoms with Gasteiger partial charge in [-0.3, -0.25) is 9.59 Å².